The predicted octanol–water partition coefficient (Wildman–Crippen LogP) is 1.91. The second kappa shape index (κ2) is 6.46. The number of nitrogens with zero attached hydrogens (tertiary/aromatic N) is 2. The number of carbonyl (C=O) groups excluding carboxylic acids is 2. The largest absolute Gasteiger partial charge is 0.508 e. The summed E-state index contributed by atoms with van der Waals surface area (Å²) in [7, 11) is 3.15. The van der Waals surface area contributed by atoms with Gasteiger partial charge in [-0.05, 0) is 30.2 Å². The first-order valence-electron chi connectivity index (χ1n) is 8.37. The molecular formula is C20H22N2O4. The van der Waals surface area contributed by atoms with Gasteiger partial charge in [-0.15, -0.1) is 0 Å². The molecule has 3 rings (SSSR count). The molecule has 26 heavy (non-hydrogen) atoms. The van der Waals surface area contributed by atoms with Crippen LogP contribution in [0.3, 0.4) is 0 Å². The molecule has 0 aromatic heterocycles. The number of aliphatic hydroxyl groups is 1. The molecular weight excluding hydrogens is 332 g/mol. The van der Waals surface area contributed by atoms with Gasteiger partial charge in [-0.2, -0.15) is 0 Å². The maximum Gasteiger partial charge on any atom is 0.264 e. The Labute approximate surface area is 152 Å². The molecule has 1 unspecified atom stereocenters. The van der Waals surface area contributed by atoms with E-state index in [0.717, 1.165) is 5.56 Å². The van der Waals surface area contributed by atoms with Gasteiger partial charge in [-0.25, -0.2) is 0 Å². The molecule has 0 fully saturated rings. The summed E-state index contributed by atoms with van der Waals surface area (Å²) in [6.45, 7) is 1.91. The molecule has 0 radical (unpaired) electrons. The van der Waals surface area contributed by atoms with E-state index in [-0.39, 0.29) is 24.6 Å². The van der Waals surface area contributed by atoms with Gasteiger partial charge in [0, 0.05) is 19.7 Å². The number of phenolic OH excluding ortho intramolecular Hbond substituents is 1. The van der Waals surface area contributed by atoms with Crippen molar-refractivity contribution in [3.8, 4) is 5.75 Å². The fourth-order valence-corrected chi connectivity index (χ4v) is 3.34. The predicted molar refractivity (Wildman–Crippen MR) is 97.7 cm³/mol. The van der Waals surface area contributed by atoms with Crippen molar-refractivity contribution >= 4 is 17.5 Å². The summed E-state index contributed by atoms with van der Waals surface area (Å²) < 4.78 is 0. The molecule has 1 heterocycles. The lowest BCUT2D eigenvalue weighted by Gasteiger charge is -2.25. The quantitative estimate of drug-likeness (QED) is 0.879. The van der Waals surface area contributed by atoms with Gasteiger partial charge < -0.3 is 20.0 Å². The number of hydrogen-bond donors (Lipinski definition) is 2. The zero-order valence-corrected chi connectivity index (χ0v) is 15.1. The Morgan fingerprint density at radius 3 is 2.42 bits per heavy atom. The minimum Gasteiger partial charge on any atom is -0.508 e. The van der Waals surface area contributed by atoms with Crippen LogP contribution in [0.1, 0.15) is 23.1 Å². The minimum absolute atomic E-state index is 0.0196. The standard InChI is InChI=1S/C20H22N2O4/c1-13-16(23)10-9-15-18(13)20(26,11-17(24)21(2)3)19(25)22(15)12-14-7-5-4-6-8-14/h4-10,23,26H,11-12H2,1-3H3. The lowest BCUT2D eigenvalue weighted by molar-refractivity contribution is -0.145. The minimum atomic E-state index is -1.99. The van der Waals surface area contributed by atoms with Crippen molar-refractivity contribution in [2.24, 2.45) is 0 Å². The van der Waals surface area contributed by atoms with Gasteiger partial charge in [-0.1, -0.05) is 30.3 Å². The Hall–Kier alpha value is -2.86. The smallest absolute Gasteiger partial charge is 0.264 e. The van der Waals surface area contributed by atoms with Crippen LogP contribution in [0.5, 0.6) is 5.75 Å². The maximum atomic E-state index is 13.1. The van der Waals surface area contributed by atoms with Crippen molar-refractivity contribution in [1.29, 1.82) is 0 Å². The average molecular weight is 354 g/mol. The molecule has 2 N–H and O–H groups in total. The van der Waals surface area contributed by atoms with Crippen molar-refractivity contribution in [2.75, 3.05) is 19.0 Å². The summed E-state index contributed by atoms with van der Waals surface area (Å²) >= 11 is 0. The van der Waals surface area contributed by atoms with E-state index in [2.05, 4.69) is 0 Å². The Morgan fingerprint density at radius 2 is 1.81 bits per heavy atom. The van der Waals surface area contributed by atoms with Crippen LogP contribution in [0.25, 0.3) is 0 Å². The van der Waals surface area contributed by atoms with Gasteiger partial charge >= 0.3 is 0 Å². The van der Waals surface area contributed by atoms with Crippen molar-refractivity contribution in [2.45, 2.75) is 25.5 Å². The van der Waals surface area contributed by atoms with Gasteiger partial charge in [0.1, 0.15) is 5.75 Å². The summed E-state index contributed by atoms with van der Waals surface area (Å²) in [5.74, 6) is -0.940. The molecule has 0 aliphatic carbocycles. The highest BCUT2D eigenvalue weighted by atomic mass is 16.3. The zero-order valence-electron chi connectivity index (χ0n) is 15.1. The van der Waals surface area contributed by atoms with Gasteiger partial charge in [0.25, 0.3) is 5.91 Å². The molecule has 0 spiro atoms. The van der Waals surface area contributed by atoms with E-state index in [4.69, 9.17) is 0 Å². The first-order chi connectivity index (χ1) is 12.3. The van der Waals surface area contributed by atoms with Gasteiger partial charge in [0.05, 0.1) is 18.7 Å². The van der Waals surface area contributed by atoms with Crippen LogP contribution in [-0.4, -0.2) is 41.0 Å². The molecule has 0 saturated heterocycles. The second-order valence-electron chi connectivity index (χ2n) is 6.81. The van der Waals surface area contributed by atoms with E-state index in [0.29, 0.717) is 16.8 Å². The van der Waals surface area contributed by atoms with Crippen molar-refractivity contribution < 1.29 is 19.8 Å². The van der Waals surface area contributed by atoms with Gasteiger partial charge in [-0.3, -0.25) is 9.59 Å². The number of anilines is 1. The maximum absolute atomic E-state index is 13.1. The highest BCUT2D eigenvalue weighted by Crippen LogP contribution is 2.47. The Morgan fingerprint density at radius 1 is 1.15 bits per heavy atom. The fraction of sp³-hybridized carbons (Fsp3) is 0.300. The third-order valence-corrected chi connectivity index (χ3v) is 4.81. The molecule has 0 saturated carbocycles. The van der Waals surface area contributed by atoms with Crippen LogP contribution in [0.2, 0.25) is 0 Å². The topological polar surface area (TPSA) is 81.1 Å². The summed E-state index contributed by atoms with van der Waals surface area (Å²) in [6.07, 6.45) is -0.374. The van der Waals surface area contributed by atoms with Crippen LogP contribution in [0.15, 0.2) is 42.5 Å². The van der Waals surface area contributed by atoms with Gasteiger partial charge in [0.2, 0.25) is 5.91 Å². The molecule has 1 aliphatic heterocycles. The van der Waals surface area contributed by atoms with E-state index in [1.807, 2.05) is 30.3 Å². The normalized spacial score (nSPS) is 18.8. The zero-order chi connectivity index (χ0) is 19.1. The SMILES string of the molecule is Cc1c(O)ccc2c1C(O)(CC(=O)N(C)C)C(=O)N2Cc1ccccc1. The Kier molecular flexibility index (Phi) is 4.46. The molecule has 6 nitrogen and oxygen atoms in total. The van der Waals surface area contributed by atoms with Crippen LogP contribution in [-0.2, 0) is 21.7 Å². The molecule has 0 bridgehead atoms. The fourth-order valence-electron chi connectivity index (χ4n) is 3.34. The van der Waals surface area contributed by atoms with Crippen LogP contribution < -0.4 is 4.90 Å². The third-order valence-electron chi connectivity index (χ3n) is 4.81. The third kappa shape index (κ3) is 2.82. The summed E-state index contributed by atoms with van der Waals surface area (Å²) in [4.78, 5) is 28.2. The van der Waals surface area contributed by atoms with E-state index in [1.165, 1.54) is 15.9 Å². The number of fused-ring (bicyclic) bond motifs is 1. The number of benzene rings is 2. The highest BCUT2D eigenvalue weighted by molar-refractivity contribution is 6.09. The summed E-state index contributed by atoms with van der Waals surface area (Å²) in [5, 5.41) is 21.3. The number of hydrogen-bond acceptors (Lipinski definition) is 4. The number of carbonyl (C=O) groups is 2. The van der Waals surface area contributed by atoms with E-state index >= 15 is 0 Å². The Balaban J connectivity index is 2.10. The Bertz CT molecular complexity index is 864. The van der Waals surface area contributed by atoms with Crippen molar-refractivity contribution in [1.82, 2.24) is 4.90 Å². The number of aromatic hydroxyl groups is 1. The second-order valence-corrected chi connectivity index (χ2v) is 6.81. The molecule has 2 aromatic carbocycles. The molecule has 2 aromatic rings. The van der Waals surface area contributed by atoms with Crippen molar-refractivity contribution in [3.05, 3.63) is 59.2 Å². The highest BCUT2D eigenvalue weighted by Gasteiger charge is 2.52. The molecule has 1 atom stereocenters. The lowest BCUT2D eigenvalue weighted by Crippen LogP contribution is -2.43. The molecule has 1 aliphatic rings. The molecule has 136 valence electrons. The molecule has 6 heteroatoms. The van der Waals surface area contributed by atoms with Crippen LogP contribution in [0, 0.1) is 6.92 Å². The number of phenols is 1. The van der Waals surface area contributed by atoms with Crippen LogP contribution >= 0.6 is 0 Å². The molecule has 2 amide bonds. The monoisotopic (exact) mass is 354 g/mol. The van der Waals surface area contributed by atoms with E-state index in [9.17, 15) is 19.8 Å². The number of amides is 2. The van der Waals surface area contributed by atoms with Crippen LogP contribution in [0.4, 0.5) is 5.69 Å². The van der Waals surface area contributed by atoms with Crippen molar-refractivity contribution in [3.63, 3.8) is 0 Å². The first-order valence-corrected chi connectivity index (χ1v) is 8.37. The summed E-state index contributed by atoms with van der Waals surface area (Å²) in [5.41, 5.74) is 0.131. The number of rotatable bonds is 4. The average Bonchev–Trinajstić information content (AvgIpc) is 2.81. The summed E-state index contributed by atoms with van der Waals surface area (Å²) in [6, 6.07) is 12.5. The van der Waals surface area contributed by atoms with E-state index < -0.39 is 11.5 Å². The van der Waals surface area contributed by atoms with Gasteiger partial charge in [0.15, 0.2) is 5.60 Å². The first kappa shape index (κ1) is 17.9. The van der Waals surface area contributed by atoms with E-state index in [1.54, 1.807) is 27.1 Å². The lowest BCUT2D eigenvalue weighted by atomic mass is 9.88.